The van der Waals surface area contributed by atoms with E-state index in [0.717, 1.165) is 10.6 Å². The number of para-hydroxylation sites is 1. The van der Waals surface area contributed by atoms with Crippen molar-refractivity contribution in [2.75, 3.05) is 29.5 Å². The molecule has 0 aliphatic rings. The lowest BCUT2D eigenvalue weighted by Crippen LogP contribution is -2.26. The van der Waals surface area contributed by atoms with Crippen LogP contribution < -0.4 is 14.4 Å². The SMILES string of the molecule is CSc1ccccc1NC(=O)COc1ccc(N(C)S(=O)(=O)c2ccccc2)cc1. The fraction of sp³-hybridized carbons (Fsp3) is 0.136. The Balaban J connectivity index is 1.61. The average molecular weight is 443 g/mol. The third-order valence-electron chi connectivity index (χ3n) is 4.35. The summed E-state index contributed by atoms with van der Waals surface area (Å²) in [7, 11) is -2.15. The molecule has 0 aliphatic carbocycles. The van der Waals surface area contributed by atoms with Crippen molar-refractivity contribution in [3.8, 4) is 5.75 Å². The lowest BCUT2D eigenvalue weighted by atomic mass is 10.3. The van der Waals surface area contributed by atoms with Crippen LogP contribution in [0.3, 0.4) is 0 Å². The molecule has 0 fully saturated rings. The van der Waals surface area contributed by atoms with E-state index in [-0.39, 0.29) is 17.4 Å². The van der Waals surface area contributed by atoms with Crippen molar-refractivity contribution in [2.45, 2.75) is 9.79 Å². The van der Waals surface area contributed by atoms with E-state index < -0.39 is 10.0 Å². The molecule has 3 aromatic rings. The number of benzene rings is 3. The van der Waals surface area contributed by atoms with Crippen molar-refractivity contribution in [3.63, 3.8) is 0 Å². The minimum atomic E-state index is -3.65. The number of nitrogens with zero attached hydrogens (tertiary/aromatic N) is 1. The molecule has 0 aromatic heterocycles. The van der Waals surface area contributed by atoms with Gasteiger partial charge in [-0.3, -0.25) is 9.10 Å². The summed E-state index contributed by atoms with van der Waals surface area (Å²) in [6.45, 7) is -0.153. The first-order valence-electron chi connectivity index (χ1n) is 9.11. The number of hydrogen-bond acceptors (Lipinski definition) is 5. The van der Waals surface area contributed by atoms with Gasteiger partial charge in [0.1, 0.15) is 5.75 Å². The monoisotopic (exact) mass is 442 g/mol. The summed E-state index contributed by atoms with van der Waals surface area (Å²) in [5.41, 5.74) is 1.23. The second-order valence-electron chi connectivity index (χ2n) is 6.32. The predicted octanol–water partition coefficient (Wildman–Crippen LogP) is 4.25. The molecular formula is C22H22N2O4S2. The van der Waals surface area contributed by atoms with Crippen LogP contribution in [0, 0.1) is 0 Å². The Morgan fingerprint density at radius 1 is 0.967 bits per heavy atom. The van der Waals surface area contributed by atoms with Gasteiger partial charge in [0.2, 0.25) is 0 Å². The molecule has 0 unspecified atom stereocenters. The number of carbonyl (C=O) groups excluding carboxylic acids is 1. The van der Waals surface area contributed by atoms with Crippen LogP contribution in [0.2, 0.25) is 0 Å². The van der Waals surface area contributed by atoms with E-state index in [2.05, 4.69) is 5.32 Å². The Morgan fingerprint density at radius 2 is 1.60 bits per heavy atom. The van der Waals surface area contributed by atoms with Gasteiger partial charge < -0.3 is 10.1 Å². The lowest BCUT2D eigenvalue weighted by molar-refractivity contribution is -0.118. The van der Waals surface area contributed by atoms with Crippen LogP contribution in [0.1, 0.15) is 0 Å². The van der Waals surface area contributed by atoms with E-state index in [1.807, 2.05) is 30.5 Å². The van der Waals surface area contributed by atoms with Gasteiger partial charge in [-0.25, -0.2) is 8.42 Å². The molecule has 1 N–H and O–H groups in total. The van der Waals surface area contributed by atoms with Gasteiger partial charge in [0.25, 0.3) is 15.9 Å². The molecule has 0 spiro atoms. The number of hydrogen-bond donors (Lipinski definition) is 1. The fourth-order valence-corrected chi connectivity index (χ4v) is 4.49. The van der Waals surface area contributed by atoms with Crippen LogP contribution >= 0.6 is 11.8 Å². The minimum absolute atomic E-state index is 0.153. The van der Waals surface area contributed by atoms with Gasteiger partial charge in [0.15, 0.2) is 6.61 Å². The molecule has 3 aromatic carbocycles. The van der Waals surface area contributed by atoms with Crippen molar-refractivity contribution in [1.29, 1.82) is 0 Å². The highest BCUT2D eigenvalue weighted by atomic mass is 32.2. The molecule has 0 radical (unpaired) electrons. The zero-order chi connectivity index (χ0) is 21.6. The summed E-state index contributed by atoms with van der Waals surface area (Å²) < 4.78 is 32.1. The first-order chi connectivity index (χ1) is 14.4. The van der Waals surface area contributed by atoms with Gasteiger partial charge >= 0.3 is 0 Å². The number of ether oxygens (including phenoxy) is 1. The van der Waals surface area contributed by atoms with Gasteiger partial charge in [-0.1, -0.05) is 30.3 Å². The van der Waals surface area contributed by atoms with Crippen LogP contribution in [0.5, 0.6) is 5.75 Å². The molecule has 6 nitrogen and oxygen atoms in total. The van der Waals surface area contributed by atoms with Crippen molar-refractivity contribution in [1.82, 2.24) is 0 Å². The topological polar surface area (TPSA) is 75.7 Å². The zero-order valence-corrected chi connectivity index (χ0v) is 18.2. The van der Waals surface area contributed by atoms with Crippen molar-refractivity contribution in [3.05, 3.63) is 78.9 Å². The molecule has 30 heavy (non-hydrogen) atoms. The van der Waals surface area contributed by atoms with Gasteiger partial charge in [-0.15, -0.1) is 11.8 Å². The number of carbonyl (C=O) groups is 1. The third kappa shape index (κ3) is 5.14. The van der Waals surface area contributed by atoms with Gasteiger partial charge in [-0.05, 0) is 54.8 Å². The molecule has 0 bridgehead atoms. The predicted molar refractivity (Wildman–Crippen MR) is 121 cm³/mol. The molecule has 0 saturated heterocycles. The Labute approximate surface area is 180 Å². The number of sulfonamides is 1. The highest BCUT2D eigenvalue weighted by Gasteiger charge is 2.20. The maximum atomic E-state index is 12.7. The average Bonchev–Trinajstić information content (AvgIpc) is 2.78. The smallest absolute Gasteiger partial charge is 0.264 e. The van der Waals surface area contributed by atoms with Crippen LogP contribution in [0.25, 0.3) is 0 Å². The summed E-state index contributed by atoms with van der Waals surface area (Å²) in [6.07, 6.45) is 1.94. The first kappa shape index (κ1) is 21.7. The molecule has 156 valence electrons. The summed E-state index contributed by atoms with van der Waals surface area (Å²) >= 11 is 1.55. The maximum Gasteiger partial charge on any atom is 0.264 e. The number of thioether (sulfide) groups is 1. The van der Waals surface area contributed by atoms with Gasteiger partial charge in [0, 0.05) is 11.9 Å². The first-order valence-corrected chi connectivity index (χ1v) is 11.8. The van der Waals surface area contributed by atoms with Crippen molar-refractivity contribution < 1.29 is 17.9 Å². The summed E-state index contributed by atoms with van der Waals surface area (Å²) in [4.78, 5) is 13.4. The Bertz CT molecular complexity index is 1100. The van der Waals surface area contributed by atoms with Gasteiger partial charge in [-0.2, -0.15) is 0 Å². The highest BCUT2D eigenvalue weighted by molar-refractivity contribution is 7.98. The summed E-state index contributed by atoms with van der Waals surface area (Å²) in [6, 6.07) is 22.3. The molecular weight excluding hydrogens is 420 g/mol. The van der Waals surface area contributed by atoms with E-state index >= 15 is 0 Å². The van der Waals surface area contributed by atoms with E-state index in [1.54, 1.807) is 66.4 Å². The Kier molecular flexibility index (Phi) is 7.02. The lowest BCUT2D eigenvalue weighted by Gasteiger charge is -2.19. The van der Waals surface area contributed by atoms with Crippen LogP contribution in [-0.2, 0) is 14.8 Å². The summed E-state index contributed by atoms with van der Waals surface area (Å²) in [5, 5.41) is 2.83. The quantitative estimate of drug-likeness (QED) is 0.528. The van der Waals surface area contributed by atoms with E-state index in [9.17, 15) is 13.2 Å². The van der Waals surface area contributed by atoms with E-state index in [0.29, 0.717) is 11.4 Å². The van der Waals surface area contributed by atoms with Crippen LogP contribution in [-0.4, -0.2) is 34.2 Å². The van der Waals surface area contributed by atoms with Gasteiger partial charge in [0.05, 0.1) is 16.3 Å². The number of rotatable bonds is 8. The molecule has 3 rings (SSSR count). The number of amides is 1. The second kappa shape index (κ2) is 9.69. The largest absolute Gasteiger partial charge is 0.484 e. The zero-order valence-electron chi connectivity index (χ0n) is 16.6. The maximum absolute atomic E-state index is 12.7. The fourth-order valence-electron chi connectivity index (χ4n) is 2.72. The number of anilines is 2. The second-order valence-corrected chi connectivity index (χ2v) is 9.13. The van der Waals surface area contributed by atoms with Crippen LogP contribution in [0.15, 0.2) is 88.7 Å². The molecule has 0 heterocycles. The molecule has 0 aliphatic heterocycles. The Morgan fingerprint density at radius 3 is 2.27 bits per heavy atom. The van der Waals surface area contributed by atoms with Crippen LogP contribution in [0.4, 0.5) is 11.4 Å². The number of nitrogens with one attached hydrogen (secondary N) is 1. The van der Waals surface area contributed by atoms with Crippen molar-refractivity contribution in [2.24, 2.45) is 0 Å². The van der Waals surface area contributed by atoms with Crippen molar-refractivity contribution >= 4 is 39.1 Å². The third-order valence-corrected chi connectivity index (χ3v) is 6.95. The molecule has 0 atom stereocenters. The Hall–Kier alpha value is -2.97. The molecule has 1 amide bonds. The van der Waals surface area contributed by atoms with E-state index in [4.69, 9.17) is 4.74 Å². The minimum Gasteiger partial charge on any atom is -0.484 e. The normalized spacial score (nSPS) is 11.0. The highest BCUT2D eigenvalue weighted by Crippen LogP contribution is 2.25. The van der Waals surface area contributed by atoms with E-state index in [1.165, 1.54) is 11.4 Å². The molecule has 8 heteroatoms. The summed E-state index contributed by atoms with van der Waals surface area (Å²) in [5.74, 6) is 0.196. The standard InChI is InChI=1S/C22H22N2O4S2/c1-24(30(26,27)19-8-4-3-5-9-19)17-12-14-18(15-13-17)28-16-22(25)23-20-10-6-7-11-21(20)29-2/h3-15H,16H2,1-2H3,(H,23,25). The molecule has 0 saturated carbocycles.